The van der Waals surface area contributed by atoms with E-state index in [-0.39, 0.29) is 29.5 Å². The first kappa shape index (κ1) is 24.0. The van der Waals surface area contributed by atoms with E-state index in [1.165, 1.54) is 31.0 Å². The first-order chi connectivity index (χ1) is 14.6. The lowest BCUT2D eigenvalue weighted by Gasteiger charge is -2.71. The Kier molecular flexibility index (Phi) is 5.98. The molecule has 0 amide bonds. The number of amidine groups is 1. The van der Waals surface area contributed by atoms with Crippen molar-refractivity contribution in [2.24, 2.45) is 21.9 Å². The number of hydrogen-bond acceptors (Lipinski definition) is 5. The summed E-state index contributed by atoms with van der Waals surface area (Å²) in [5.41, 5.74) is 14.9. The van der Waals surface area contributed by atoms with Gasteiger partial charge < -0.3 is 20.6 Å². The van der Waals surface area contributed by atoms with Crippen LogP contribution in [0.4, 0.5) is 0 Å². The molecule has 2 aromatic rings. The fraction of sp³-hybridized carbons (Fsp3) is 0.636. The first-order valence-corrected chi connectivity index (χ1v) is 12.4. The van der Waals surface area contributed by atoms with Crippen molar-refractivity contribution < 1.29 is 0 Å². The van der Waals surface area contributed by atoms with Crippen LogP contribution in [0, 0.1) is 19.3 Å². The van der Waals surface area contributed by atoms with Crippen LogP contribution in [0.3, 0.4) is 0 Å². The number of aromatic nitrogens is 4. The highest BCUT2D eigenvalue weighted by atomic mass is 127. The number of rotatable bonds is 5. The van der Waals surface area contributed by atoms with Gasteiger partial charge in [0.25, 0.3) is 0 Å². The summed E-state index contributed by atoms with van der Waals surface area (Å²) in [6.07, 6.45) is 18.1. The lowest BCUT2D eigenvalue weighted by Crippen LogP contribution is -2.71. The lowest BCUT2D eigenvalue weighted by atomic mass is 9.38. The molecular weight excluding hydrogens is 553 g/mol. The molecule has 0 aromatic carbocycles. The maximum Gasteiger partial charge on any atom is 0.154 e. The summed E-state index contributed by atoms with van der Waals surface area (Å²) >= 11 is 6.52. The zero-order valence-corrected chi connectivity index (χ0v) is 22.8. The minimum absolute atomic E-state index is 0. The van der Waals surface area contributed by atoms with Gasteiger partial charge in [0.15, 0.2) is 5.17 Å². The summed E-state index contributed by atoms with van der Waals surface area (Å²) in [4.78, 5) is 13.8. The fourth-order valence-corrected chi connectivity index (χ4v) is 7.08. The van der Waals surface area contributed by atoms with Crippen molar-refractivity contribution in [2.75, 3.05) is 6.26 Å². The van der Waals surface area contributed by atoms with E-state index >= 15 is 0 Å². The van der Waals surface area contributed by atoms with Gasteiger partial charge in [-0.15, -0.1) is 24.0 Å². The van der Waals surface area contributed by atoms with Crippen molar-refractivity contribution in [3.05, 3.63) is 36.4 Å². The van der Waals surface area contributed by atoms with Gasteiger partial charge in [0.1, 0.15) is 0 Å². The van der Waals surface area contributed by atoms with Crippen molar-refractivity contribution in [3.63, 3.8) is 0 Å². The van der Waals surface area contributed by atoms with Crippen molar-refractivity contribution in [2.45, 2.75) is 75.4 Å². The predicted molar refractivity (Wildman–Crippen MR) is 145 cm³/mol. The normalized spacial score (nSPS) is 35.7. The van der Waals surface area contributed by atoms with Crippen LogP contribution in [-0.2, 0) is 11.1 Å². The molecule has 0 unspecified atom stereocenters. The van der Waals surface area contributed by atoms with Gasteiger partial charge in [-0.3, -0.25) is 4.99 Å². The maximum absolute atomic E-state index is 5.77. The quantitative estimate of drug-likeness (QED) is 0.239. The molecule has 6 saturated carbocycles. The molecule has 2 aromatic heterocycles. The van der Waals surface area contributed by atoms with Gasteiger partial charge in [-0.05, 0) is 64.0 Å². The number of thiocarbonyl (C=S) groups is 1. The van der Waals surface area contributed by atoms with Crippen LogP contribution in [-0.4, -0.2) is 41.1 Å². The Hall–Kier alpha value is -1.14. The summed E-state index contributed by atoms with van der Waals surface area (Å²) in [5.74, 6) is 0. The highest BCUT2D eigenvalue weighted by molar-refractivity contribution is 14.0. The number of imidazole rings is 2. The number of aliphatic imine (C=N–C) groups is 1. The van der Waals surface area contributed by atoms with Gasteiger partial charge in [0, 0.05) is 24.4 Å². The lowest BCUT2D eigenvalue weighted by molar-refractivity contribution is -0.181. The minimum Gasteiger partial charge on any atom is -0.393 e. The molecule has 4 N–H and O–H groups in total. The van der Waals surface area contributed by atoms with Crippen LogP contribution < -0.4 is 11.5 Å². The molecule has 6 fully saturated rings. The number of aryl methyl sites for hydroxylation is 2. The molecule has 0 spiro atoms. The van der Waals surface area contributed by atoms with Gasteiger partial charge in [-0.1, -0.05) is 24.0 Å². The van der Waals surface area contributed by atoms with E-state index in [0.29, 0.717) is 21.5 Å². The van der Waals surface area contributed by atoms with Gasteiger partial charge in [-0.25, -0.2) is 9.97 Å². The third kappa shape index (κ3) is 3.79. The molecule has 4 bridgehead atoms. The van der Waals surface area contributed by atoms with E-state index in [2.05, 4.69) is 36.5 Å². The van der Waals surface area contributed by atoms with Gasteiger partial charge >= 0.3 is 0 Å². The largest absolute Gasteiger partial charge is 0.393 e. The third-order valence-electron chi connectivity index (χ3n) is 7.71. The van der Waals surface area contributed by atoms with Crippen LogP contribution in [0.2, 0.25) is 0 Å². The van der Waals surface area contributed by atoms with Crippen LogP contribution in [0.5, 0.6) is 0 Å². The molecule has 10 heteroatoms. The monoisotopic (exact) mass is 585 g/mol. The van der Waals surface area contributed by atoms with E-state index < -0.39 is 0 Å². The average molecular weight is 586 g/mol. The van der Waals surface area contributed by atoms with E-state index in [0.717, 1.165) is 42.2 Å². The van der Waals surface area contributed by atoms with Crippen molar-refractivity contribution in [1.29, 1.82) is 0 Å². The van der Waals surface area contributed by atoms with Crippen LogP contribution in [0.15, 0.2) is 30.0 Å². The molecule has 32 heavy (non-hydrogen) atoms. The maximum atomic E-state index is 5.77. The zero-order valence-electron chi connectivity index (χ0n) is 18.9. The van der Waals surface area contributed by atoms with Crippen LogP contribution in [0.25, 0.3) is 0 Å². The Morgan fingerprint density at radius 3 is 1.84 bits per heavy atom. The Balaban J connectivity index is 0.000000149. The molecule has 8 rings (SSSR count). The molecule has 0 radical (unpaired) electrons. The second kappa shape index (κ2) is 7.97. The Labute approximate surface area is 216 Å². The number of nitrogens with zero attached hydrogens (tertiary/aromatic N) is 5. The summed E-state index contributed by atoms with van der Waals surface area (Å²) in [6.45, 7) is 4.06. The van der Waals surface area contributed by atoms with E-state index in [1.54, 1.807) is 0 Å². The molecule has 174 valence electrons. The van der Waals surface area contributed by atoms with E-state index in [9.17, 15) is 0 Å². The Morgan fingerprint density at radius 1 is 1.00 bits per heavy atom. The third-order valence-corrected chi connectivity index (χ3v) is 8.36. The summed E-state index contributed by atoms with van der Waals surface area (Å²) in [7, 11) is 0. The molecule has 6 aliphatic rings. The van der Waals surface area contributed by atoms with Crippen LogP contribution in [0.1, 0.15) is 56.3 Å². The number of halogens is 1. The molecule has 7 nitrogen and oxygen atoms in total. The molecule has 2 heterocycles. The zero-order chi connectivity index (χ0) is 22.1. The summed E-state index contributed by atoms with van der Waals surface area (Å²) in [5, 5.41) is 0.718. The predicted octanol–water partition coefficient (Wildman–Crippen LogP) is 3.87. The molecular formula is C22H32IN7S2. The molecule has 0 aliphatic heterocycles. The van der Waals surface area contributed by atoms with E-state index in [4.69, 9.17) is 23.7 Å². The standard InChI is InChI=1S/C11H16N4S.C11H15N3S.HI/c1-8-3-15(7-13-8)11-4-10(5-11,6-11)14-9(12)16-2;1-8-3-14(7-13-8)11-4-10(5-11,6-11)2-9(12)15;/h3,7H,4-6H2,1-2H3,(H2,12,14);3,7H,2,4-6H2,1H3,(H2,12,15);1H. The molecule has 0 saturated heterocycles. The smallest absolute Gasteiger partial charge is 0.154 e. The highest BCUT2D eigenvalue weighted by Crippen LogP contribution is 2.73. The average Bonchev–Trinajstić information content (AvgIpc) is 3.20. The van der Waals surface area contributed by atoms with Gasteiger partial charge in [0.2, 0.25) is 0 Å². The van der Waals surface area contributed by atoms with Gasteiger partial charge in [-0.2, -0.15) is 0 Å². The highest BCUT2D eigenvalue weighted by Gasteiger charge is 2.70. The topological polar surface area (TPSA) is 100 Å². The minimum atomic E-state index is 0. The number of hydrogen-bond donors (Lipinski definition) is 2. The number of nitrogens with two attached hydrogens (primary N) is 2. The summed E-state index contributed by atoms with van der Waals surface area (Å²) < 4.78 is 4.54. The van der Waals surface area contributed by atoms with Crippen molar-refractivity contribution in [3.8, 4) is 0 Å². The molecule has 6 aliphatic carbocycles. The second-order valence-electron chi connectivity index (χ2n) is 10.4. The second-order valence-corrected chi connectivity index (χ2v) is 11.7. The molecule has 0 atom stereocenters. The van der Waals surface area contributed by atoms with Crippen LogP contribution >= 0.6 is 48.0 Å². The first-order valence-electron chi connectivity index (χ1n) is 10.8. The fourth-order valence-electron chi connectivity index (χ4n) is 6.49. The van der Waals surface area contributed by atoms with Crippen molar-refractivity contribution >= 4 is 58.1 Å². The Bertz CT molecular complexity index is 1030. The number of thioether (sulfide) groups is 1. The summed E-state index contributed by atoms with van der Waals surface area (Å²) in [6, 6.07) is 0. The Morgan fingerprint density at radius 2 is 1.47 bits per heavy atom. The van der Waals surface area contributed by atoms with E-state index in [1.807, 2.05) is 32.8 Å². The SMILES string of the molecule is CSC(N)=NC12CC(n3cnc(C)c3)(C1)C2.Cc1cn(C23CC(CC(N)=S)(C2)C3)cn1.I. The van der Waals surface area contributed by atoms with Gasteiger partial charge in [0.05, 0.1) is 40.1 Å². The van der Waals surface area contributed by atoms with Crippen molar-refractivity contribution in [1.82, 2.24) is 19.1 Å².